The molecule has 0 saturated heterocycles. The van der Waals surface area contributed by atoms with E-state index in [4.69, 9.17) is 0 Å². The van der Waals surface area contributed by atoms with Crippen LogP contribution >= 0.6 is 0 Å². The Morgan fingerprint density at radius 1 is 0.972 bits per heavy atom. The molecular formula is C22H17F6N7O. The van der Waals surface area contributed by atoms with Gasteiger partial charge in [-0.05, 0) is 18.2 Å². The molecule has 14 heteroatoms. The summed E-state index contributed by atoms with van der Waals surface area (Å²) in [6.45, 7) is -0.464. The Kier molecular flexibility index (Phi) is 6.68. The Labute approximate surface area is 199 Å². The van der Waals surface area contributed by atoms with Crippen LogP contribution in [0.5, 0.6) is 0 Å². The zero-order valence-electron chi connectivity index (χ0n) is 18.2. The molecule has 0 saturated carbocycles. The fraction of sp³-hybridized carbons (Fsp3) is 0.182. The maximum atomic E-state index is 13.5. The highest BCUT2D eigenvalue weighted by Crippen LogP contribution is 2.38. The van der Waals surface area contributed by atoms with E-state index in [1.54, 1.807) is 30.3 Å². The fourth-order valence-electron chi connectivity index (χ4n) is 3.29. The van der Waals surface area contributed by atoms with Gasteiger partial charge in [-0.3, -0.25) is 9.89 Å². The van der Waals surface area contributed by atoms with Gasteiger partial charge in [0.25, 0.3) is 0 Å². The Balaban J connectivity index is 1.43. The Bertz CT molecular complexity index is 1340. The number of anilines is 2. The third-order valence-corrected chi connectivity index (χ3v) is 4.92. The number of nitrogens with zero attached hydrogens (tertiary/aromatic N) is 4. The minimum absolute atomic E-state index is 0.00103. The van der Waals surface area contributed by atoms with Crippen LogP contribution in [0.25, 0.3) is 11.3 Å². The zero-order chi connectivity index (χ0) is 25.9. The molecule has 188 valence electrons. The van der Waals surface area contributed by atoms with Crippen LogP contribution in [-0.4, -0.2) is 31.1 Å². The predicted octanol–water partition coefficient (Wildman–Crippen LogP) is 4.96. The predicted molar refractivity (Wildman–Crippen MR) is 116 cm³/mol. The quantitative estimate of drug-likeness (QED) is 0.306. The highest BCUT2D eigenvalue weighted by molar-refractivity contribution is 5.95. The number of rotatable bonds is 7. The largest absolute Gasteiger partial charge is 0.434 e. The van der Waals surface area contributed by atoms with E-state index in [1.165, 1.54) is 18.3 Å². The van der Waals surface area contributed by atoms with Crippen molar-refractivity contribution in [2.45, 2.75) is 25.4 Å². The lowest BCUT2D eigenvalue weighted by Crippen LogP contribution is -2.21. The minimum Gasteiger partial charge on any atom is -0.379 e. The molecule has 0 unspecified atom stereocenters. The van der Waals surface area contributed by atoms with E-state index in [-0.39, 0.29) is 17.9 Å². The highest BCUT2D eigenvalue weighted by Gasteiger charge is 2.38. The molecular weight excluding hydrogens is 492 g/mol. The first kappa shape index (κ1) is 24.8. The molecule has 4 aromatic rings. The van der Waals surface area contributed by atoms with Gasteiger partial charge in [0.1, 0.15) is 17.9 Å². The number of carbonyl (C=O) groups is 1. The van der Waals surface area contributed by atoms with Crippen molar-refractivity contribution in [1.82, 2.24) is 25.2 Å². The maximum Gasteiger partial charge on any atom is 0.434 e. The number of aromatic amines is 1. The van der Waals surface area contributed by atoms with Crippen molar-refractivity contribution in [3.05, 3.63) is 77.7 Å². The lowest BCUT2D eigenvalue weighted by Gasteiger charge is -2.10. The van der Waals surface area contributed by atoms with Crippen LogP contribution in [0, 0.1) is 0 Å². The van der Waals surface area contributed by atoms with Gasteiger partial charge in [0.2, 0.25) is 5.91 Å². The molecule has 2 aromatic carbocycles. The monoisotopic (exact) mass is 509 g/mol. The summed E-state index contributed by atoms with van der Waals surface area (Å²) in [6.07, 6.45) is -7.94. The molecule has 1 amide bonds. The van der Waals surface area contributed by atoms with Crippen LogP contribution < -0.4 is 10.6 Å². The number of benzene rings is 2. The lowest BCUT2D eigenvalue weighted by molar-refractivity contribution is -0.140. The van der Waals surface area contributed by atoms with Gasteiger partial charge in [-0.15, -0.1) is 5.10 Å². The summed E-state index contributed by atoms with van der Waals surface area (Å²) in [6, 6.07) is 12.6. The number of hydrogen-bond donors (Lipinski definition) is 3. The Morgan fingerprint density at radius 2 is 1.72 bits per heavy atom. The van der Waals surface area contributed by atoms with Gasteiger partial charge in [-0.1, -0.05) is 41.6 Å². The van der Waals surface area contributed by atoms with E-state index in [0.717, 1.165) is 16.8 Å². The summed E-state index contributed by atoms with van der Waals surface area (Å²) in [7, 11) is 0. The number of carbonyl (C=O) groups excluding carboxylic acids is 1. The van der Waals surface area contributed by atoms with E-state index >= 15 is 0 Å². The Hall–Kier alpha value is -4.36. The van der Waals surface area contributed by atoms with Gasteiger partial charge in [0, 0.05) is 11.3 Å². The molecule has 0 atom stereocenters. The second-order valence-electron chi connectivity index (χ2n) is 7.57. The van der Waals surface area contributed by atoms with E-state index in [9.17, 15) is 31.1 Å². The average Bonchev–Trinajstić information content (AvgIpc) is 3.44. The van der Waals surface area contributed by atoms with Crippen molar-refractivity contribution in [2.75, 3.05) is 10.6 Å². The molecule has 0 aliphatic heterocycles. The van der Waals surface area contributed by atoms with Crippen molar-refractivity contribution in [3.63, 3.8) is 0 Å². The summed E-state index contributed by atoms with van der Waals surface area (Å²) in [5.41, 5.74) is -1.77. The first-order valence-electron chi connectivity index (χ1n) is 10.3. The molecule has 0 aliphatic rings. The topological polar surface area (TPSA) is 101 Å². The van der Waals surface area contributed by atoms with Crippen LogP contribution in [0.15, 0.2) is 60.8 Å². The van der Waals surface area contributed by atoms with Gasteiger partial charge < -0.3 is 10.6 Å². The van der Waals surface area contributed by atoms with Crippen molar-refractivity contribution in [1.29, 1.82) is 0 Å². The van der Waals surface area contributed by atoms with Crippen molar-refractivity contribution < 1.29 is 31.1 Å². The molecule has 36 heavy (non-hydrogen) atoms. The SMILES string of the molecule is O=C(Cn1cc(CNc2cccc(C(F)(F)F)c2)nn1)Nc1c(-c2ccccc2)n[nH]c1C(F)(F)F. The molecule has 4 rings (SSSR count). The zero-order valence-corrected chi connectivity index (χ0v) is 18.2. The Morgan fingerprint density at radius 3 is 2.42 bits per heavy atom. The normalized spacial score (nSPS) is 11.9. The summed E-state index contributed by atoms with van der Waals surface area (Å²) < 4.78 is 80.0. The van der Waals surface area contributed by atoms with E-state index < -0.39 is 41.7 Å². The molecule has 8 nitrogen and oxygen atoms in total. The summed E-state index contributed by atoms with van der Waals surface area (Å²) >= 11 is 0. The molecule has 3 N–H and O–H groups in total. The molecule has 0 fully saturated rings. The number of hydrogen-bond acceptors (Lipinski definition) is 5. The summed E-state index contributed by atoms with van der Waals surface area (Å²) in [5, 5.41) is 18.2. The van der Waals surface area contributed by atoms with Crippen molar-refractivity contribution >= 4 is 17.3 Å². The van der Waals surface area contributed by atoms with Crippen LogP contribution in [0.3, 0.4) is 0 Å². The van der Waals surface area contributed by atoms with Gasteiger partial charge >= 0.3 is 12.4 Å². The van der Waals surface area contributed by atoms with Crippen LogP contribution in [0.1, 0.15) is 17.0 Å². The number of nitrogens with one attached hydrogen (secondary N) is 3. The smallest absolute Gasteiger partial charge is 0.379 e. The fourth-order valence-corrected chi connectivity index (χ4v) is 3.29. The van der Waals surface area contributed by atoms with Crippen molar-refractivity contribution in [3.8, 4) is 11.3 Å². The molecule has 2 heterocycles. The van der Waals surface area contributed by atoms with Gasteiger partial charge in [0.15, 0.2) is 5.69 Å². The standard InChI is InChI=1S/C22H17F6N7O/c23-21(24,25)14-7-4-8-15(9-14)29-10-16-11-35(34-31-16)12-17(36)30-19-18(13-5-2-1-3-6-13)32-33-20(19)22(26,27)28/h1-9,11,29H,10,12H2,(H,30,36)(H,32,33). The van der Waals surface area contributed by atoms with Gasteiger partial charge in [-0.25, -0.2) is 4.68 Å². The van der Waals surface area contributed by atoms with Gasteiger partial charge in [0.05, 0.1) is 24.0 Å². The highest BCUT2D eigenvalue weighted by atomic mass is 19.4. The summed E-state index contributed by atoms with van der Waals surface area (Å²) in [4.78, 5) is 12.5. The van der Waals surface area contributed by atoms with Crippen molar-refractivity contribution in [2.24, 2.45) is 0 Å². The van der Waals surface area contributed by atoms with Gasteiger partial charge in [-0.2, -0.15) is 31.4 Å². The summed E-state index contributed by atoms with van der Waals surface area (Å²) in [5.74, 6) is -0.818. The minimum atomic E-state index is -4.79. The molecule has 0 spiro atoms. The number of alkyl halides is 6. The first-order chi connectivity index (χ1) is 17.0. The van der Waals surface area contributed by atoms with Crippen LogP contribution in [0.2, 0.25) is 0 Å². The number of aromatic nitrogens is 5. The third-order valence-electron chi connectivity index (χ3n) is 4.92. The van der Waals surface area contributed by atoms with Crippen LogP contribution in [-0.2, 0) is 30.2 Å². The molecule has 0 bridgehead atoms. The number of halogens is 6. The maximum absolute atomic E-state index is 13.5. The van der Waals surface area contributed by atoms with E-state index in [0.29, 0.717) is 11.3 Å². The molecule has 2 aromatic heterocycles. The molecule has 0 aliphatic carbocycles. The number of amides is 1. The third kappa shape index (κ3) is 5.82. The van der Waals surface area contributed by atoms with E-state index in [2.05, 4.69) is 26.0 Å². The first-order valence-corrected chi connectivity index (χ1v) is 10.3. The van der Waals surface area contributed by atoms with Crippen LogP contribution in [0.4, 0.5) is 37.7 Å². The lowest BCUT2D eigenvalue weighted by atomic mass is 10.1. The average molecular weight is 509 g/mol. The second kappa shape index (κ2) is 9.71. The second-order valence-corrected chi connectivity index (χ2v) is 7.57. The van der Waals surface area contributed by atoms with E-state index in [1.807, 2.05) is 5.10 Å². The molecule has 0 radical (unpaired) electrons. The number of H-pyrrole nitrogens is 1.